The number of nitro benzene ring substituents is 1. The van der Waals surface area contributed by atoms with Crippen LogP contribution in [0.5, 0.6) is 0 Å². The van der Waals surface area contributed by atoms with Gasteiger partial charge in [-0.3, -0.25) is 29.4 Å². The number of nitro groups is 1. The van der Waals surface area contributed by atoms with Gasteiger partial charge in [0, 0.05) is 29.5 Å². The van der Waals surface area contributed by atoms with E-state index in [-0.39, 0.29) is 35.4 Å². The summed E-state index contributed by atoms with van der Waals surface area (Å²) >= 11 is 0. The second kappa shape index (κ2) is 7.68. The molecule has 0 spiro atoms. The fourth-order valence-corrected chi connectivity index (χ4v) is 3.73. The fourth-order valence-electron chi connectivity index (χ4n) is 3.73. The Morgan fingerprint density at radius 2 is 1.97 bits per heavy atom. The summed E-state index contributed by atoms with van der Waals surface area (Å²) in [4.78, 5) is 49.4. The van der Waals surface area contributed by atoms with Crippen LogP contribution in [0.25, 0.3) is 0 Å². The molecule has 2 aliphatic heterocycles. The van der Waals surface area contributed by atoms with E-state index >= 15 is 0 Å². The van der Waals surface area contributed by atoms with Crippen LogP contribution in [0, 0.1) is 17.0 Å². The van der Waals surface area contributed by atoms with Gasteiger partial charge in [0.25, 0.3) is 23.4 Å². The van der Waals surface area contributed by atoms with Crippen molar-refractivity contribution in [3.05, 3.63) is 68.8 Å². The average molecular weight is 409 g/mol. The molecular formula is C21H19N3O6. The minimum absolute atomic E-state index is 0.0699. The number of carbonyl (C=O) groups excluding carboxylic acids is 3. The van der Waals surface area contributed by atoms with E-state index in [9.17, 15) is 24.5 Å². The number of imide groups is 1. The van der Waals surface area contributed by atoms with Crippen LogP contribution in [-0.4, -0.2) is 46.8 Å². The lowest BCUT2D eigenvalue weighted by atomic mass is 10.1. The highest BCUT2D eigenvalue weighted by Gasteiger charge is 2.37. The molecule has 2 aromatic carbocycles. The second-order valence-electron chi connectivity index (χ2n) is 7.33. The summed E-state index contributed by atoms with van der Waals surface area (Å²) in [5, 5.41) is 13.6. The zero-order valence-electron chi connectivity index (χ0n) is 16.2. The van der Waals surface area contributed by atoms with Gasteiger partial charge in [-0.2, -0.15) is 0 Å². The molecule has 9 heteroatoms. The molecule has 0 bridgehead atoms. The first-order chi connectivity index (χ1) is 14.3. The number of nitrogens with zero attached hydrogens (tertiary/aromatic N) is 2. The maximum atomic E-state index is 12.7. The molecule has 1 N–H and O–H groups in total. The fraction of sp³-hybridized carbons (Fsp3) is 0.286. The van der Waals surface area contributed by atoms with Crippen LogP contribution in [0.15, 0.2) is 36.4 Å². The van der Waals surface area contributed by atoms with Gasteiger partial charge in [0.15, 0.2) is 0 Å². The summed E-state index contributed by atoms with van der Waals surface area (Å²) in [5.41, 5.74) is 1.43. The molecule has 2 aliphatic rings. The molecular weight excluding hydrogens is 390 g/mol. The third-order valence-corrected chi connectivity index (χ3v) is 5.29. The van der Waals surface area contributed by atoms with E-state index in [0.717, 1.165) is 12.8 Å². The summed E-state index contributed by atoms with van der Waals surface area (Å²) in [6, 6.07) is 8.61. The number of carbonyl (C=O) groups is 3. The maximum absolute atomic E-state index is 12.7. The number of aryl methyl sites for hydroxylation is 1. The Morgan fingerprint density at radius 3 is 2.63 bits per heavy atom. The summed E-state index contributed by atoms with van der Waals surface area (Å²) in [5.74, 6) is -1.25. The molecule has 1 fully saturated rings. The topological polar surface area (TPSA) is 119 Å². The van der Waals surface area contributed by atoms with Crippen LogP contribution < -0.4 is 5.32 Å². The first-order valence-corrected chi connectivity index (χ1v) is 9.53. The predicted molar refractivity (Wildman–Crippen MR) is 107 cm³/mol. The number of nitrogens with one attached hydrogen (secondary N) is 1. The van der Waals surface area contributed by atoms with Gasteiger partial charge in [-0.15, -0.1) is 0 Å². The largest absolute Gasteiger partial charge is 0.376 e. The Morgan fingerprint density at radius 1 is 1.20 bits per heavy atom. The highest BCUT2D eigenvalue weighted by molar-refractivity contribution is 6.22. The minimum Gasteiger partial charge on any atom is -0.376 e. The van der Waals surface area contributed by atoms with Gasteiger partial charge in [-0.25, -0.2) is 0 Å². The monoisotopic (exact) mass is 409 g/mol. The maximum Gasteiger partial charge on any atom is 0.272 e. The molecule has 2 heterocycles. The lowest BCUT2D eigenvalue weighted by Crippen LogP contribution is -2.36. The Kier molecular flexibility index (Phi) is 5.04. The van der Waals surface area contributed by atoms with Crippen molar-refractivity contribution in [2.75, 3.05) is 18.5 Å². The van der Waals surface area contributed by atoms with E-state index in [1.165, 1.54) is 35.2 Å². The Labute approximate surface area is 171 Å². The summed E-state index contributed by atoms with van der Waals surface area (Å²) in [6.07, 6.45) is 1.58. The number of ether oxygens (including phenoxy) is 1. The summed E-state index contributed by atoms with van der Waals surface area (Å²) in [7, 11) is 0. The molecule has 1 unspecified atom stereocenters. The van der Waals surface area contributed by atoms with Gasteiger partial charge < -0.3 is 10.1 Å². The first kappa shape index (κ1) is 19.7. The van der Waals surface area contributed by atoms with Crippen molar-refractivity contribution in [2.24, 2.45) is 0 Å². The van der Waals surface area contributed by atoms with Crippen molar-refractivity contribution in [2.45, 2.75) is 25.9 Å². The lowest BCUT2D eigenvalue weighted by Gasteiger charge is -2.17. The van der Waals surface area contributed by atoms with E-state index in [0.29, 0.717) is 23.4 Å². The normalized spacial score (nSPS) is 17.9. The van der Waals surface area contributed by atoms with Crippen molar-refractivity contribution in [1.82, 2.24) is 4.90 Å². The van der Waals surface area contributed by atoms with Crippen molar-refractivity contribution < 1.29 is 24.0 Å². The van der Waals surface area contributed by atoms with Gasteiger partial charge >= 0.3 is 0 Å². The number of fused-ring (bicyclic) bond motifs is 1. The van der Waals surface area contributed by atoms with Crippen LogP contribution in [0.3, 0.4) is 0 Å². The number of benzene rings is 2. The Bertz CT molecular complexity index is 1070. The van der Waals surface area contributed by atoms with Crippen molar-refractivity contribution >= 4 is 29.1 Å². The van der Waals surface area contributed by atoms with E-state index in [4.69, 9.17) is 4.74 Å². The third-order valence-electron chi connectivity index (χ3n) is 5.29. The van der Waals surface area contributed by atoms with Crippen LogP contribution in [0.1, 0.15) is 49.5 Å². The molecule has 0 aromatic heterocycles. The molecule has 1 saturated heterocycles. The molecule has 4 rings (SSSR count). The Hall–Kier alpha value is -3.59. The molecule has 0 aliphatic carbocycles. The molecule has 30 heavy (non-hydrogen) atoms. The molecule has 154 valence electrons. The second-order valence-corrected chi connectivity index (χ2v) is 7.33. The molecule has 3 amide bonds. The van der Waals surface area contributed by atoms with Gasteiger partial charge in [-0.1, -0.05) is 0 Å². The standard InChI is InChI=1S/C21H19N3O6/c1-12-9-13(4-7-18(12)24(28)29)19(25)22-14-5-6-16-17(10-14)21(27)23(20(16)26)11-15-3-2-8-30-15/h4-7,9-10,15H,2-3,8,11H2,1H3,(H,22,25). The van der Waals surface area contributed by atoms with Gasteiger partial charge in [0.2, 0.25) is 0 Å². The molecule has 0 radical (unpaired) electrons. The van der Waals surface area contributed by atoms with Crippen molar-refractivity contribution in [3.8, 4) is 0 Å². The molecule has 2 aromatic rings. The first-order valence-electron chi connectivity index (χ1n) is 9.53. The Balaban J connectivity index is 1.51. The average Bonchev–Trinajstić information content (AvgIpc) is 3.31. The highest BCUT2D eigenvalue weighted by atomic mass is 16.6. The van der Waals surface area contributed by atoms with E-state index < -0.39 is 16.7 Å². The van der Waals surface area contributed by atoms with E-state index in [2.05, 4.69) is 5.32 Å². The highest BCUT2D eigenvalue weighted by Crippen LogP contribution is 2.28. The van der Waals surface area contributed by atoms with E-state index in [1.54, 1.807) is 13.0 Å². The zero-order chi connectivity index (χ0) is 21.4. The number of hydrogen-bond donors (Lipinski definition) is 1. The molecule has 1 atom stereocenters. The number of rotatable bonds is 5. The van der Waals surface area contributed by atoms with Crippen LogP contribution in [-0.2, 0) is 4.74 Å². The minimum atomic E-state index is -0.511. The molecule has 9 nitrogen and oxygen atoms in total. The smallest absolute Gasteiger partial charge is 0.272 e. The summed E-state index contributed by atoms with van der Waals surface area (Å²) < 4.78 is 5.52. The van der Waals surface area contributed by atoms with Gasteiger partial charge in [0.05, 0.1) is 28.7 Å². The van der Waals surface area contributed by atoms with Gasteiger partial charge in [-0.05, 0) is 50.1 Å². The number of anilines is 1. The lowest BCUT2D eigenvalue weighted by molar-refractivity contribution is -0.385. The van der Waals surface area contributed by atoms with E-state index in [1.807, 2.05) is 0 Å². The van der Waals surface area contributed by atoms with Crippen LogP contribution in [0.2, 0.25) is 0 Å². The quantitative estimate of drug-likeness (QED) is 0.461. The summed E-state index contributed by atoms with van der Waals surface area (Å²) in [6.45, 7) is 2.40. The van der Waals surface area contributed by atoms with Crippen LogP contribution >= 0.6 is 0 Å². The SMILES string of the molecule is Cc1cc(C(=O)Nc2ccc3c(c2)C(=O)N(CC2CCCO2)C3=O)ccc1[N+](=O)[O-]. The number of amides is 3. The van der Waals surface area contributed by atoms with Crippen LogP contribution in [0.4, 0.5) is 11.4 Å². The number of hydrogen-bond acceptors (Lipinski definition) is 6. The molecule has 0 saturated carbocycles. The third kappa shape index (κ3) is 3.55. The predicted octanol–water partition coefficient (Wildman–Crippen LogP) is 2.93. The van der Waals surface area contributed by atoms with Crippen molar-refractivity contribution in [3.63, 3.8) is 0 Å². The zero-order valence-corrected chi connectivity index (χ0v) is 16.2. The van der Waals surface area contributed by atoms with Gasteiger partial charge in [0.1, 0.15) is 0 Å². The van der Waals surface area contributed by atoms with Crippen molar-refractivity contribution in [1.29, 1.82) is 0 Å².